The lowest BCUT2D eigenvalue weighted by molar-refractivity contribution is -0.118. The summed E-state index contributed by atoms with van der Waals surface area (Å²) in [6.45, 7) is 0.683. The largest absolute Gasteiger partial charge is 0.484 e. The lowest BCUT2D eigenvalue weighted by atomic mass is 10.1. The average molecular weight is 398 g/mol. The van der Waals surface area contributed by atoms with Gasteiger partial charge in [0, 0.05) is 24.3 Å². The van der Waals surface area contributed by atoms with Crippen molar-refractivity contribution in [1.29, 1.82) is 0 Å². The minimum atomic E-state index is -0.208. The highest BCUT2D eigenvalue weighted by Gasteiger charge is 2.21. The van der Waals surface area contributed by atoms with Crippen LogP contribution >= 0.6 is 0 Å². The van der Waals surface area contributed by atoms with Crippen LogP contribution < -0.4 is 15.0 Å². The smallest absolute Gasteiger partial charge is 0.262 e. The number of nitrogens with zero attached hydrogens (tertiary/aromatic N) is 1. The second-order valence-corrected chi connectivity index (χ2v) is 7.69. The number of hydrogen-bond donors (Lipinski definition) is 1. The number of carbonyl (C=O) groups is 2. The molecule has 5 nitrogen and oxygen atoms in total. The Morgan fingerprint density at radius 3 is 2.57 bits per heavy atom. The standard InChI is InChI=1S/C25H22N2O3/c28-24(16-30-21-11-9-20(10-12-21)27-13-3-6-25(27)29)26-19-8-7-18-14-17-4-1-2-5-22(17)23(18)15-19/h1-2,4-5,7-12,15H,3,6,13-14,16H2,(H,26,28). The molecule has 1 N–H and O–H groups in total. The van der Waals surface area contributed by atoms with Gasteiger partial charge in [0.15, 0.2) is 6.61 Å². The van der Waals surface area contributed by atoms with Crippen molar-refractivity contribution in [1.82, 2.24) is 0 Å². The van der Waals surface area contributed by atoms with Crippen LogP contribution in [0.3, 0.4) is 0 Å². The molecule has 1 aliphatic heterocycles. The second kappa shape index (κ2) is 7.67. The predicted molar refractivity (Wildman–Crippen MR) is 117 cm³/mol. The molecule has 3 aromatic rings. The van der Waals surface area contributed by atoms with Crippen LogP contribution in [-0.2, 0) is 16.0 Å². The molecule has 1 fully saturated rings. The summed E-state index contributed by atoms with van der Waals surface area (Å²) in [5.74, 6) is 0.545. The Hall–Kier alpha value is -3.60. The summed E-state index contributed by atoms with van der Waals surface area (Å²) in [6.07, 6.45) is 2.43. The van der Waals surface area contributed by atoms with E-state index >= 15 is 0 Å². The zero-order valence-corrected chi connectivity index (χ0v) is 16.6. The topological polar surface area (TPSA) is 58.6 Å². The fraction of sp³-hybridized carbons (Fsp3) is 0.200. The fourth-order valence-corrected chi connectivity index (χ4v) is 4.19. The number of nitrogens with one attached hydrogen (secondary N) is 1. The maximum atomic E-state index is 12.4. The zero-order valence-electron chi connectivity index (χ0n) is 16.6. The molecule has 0 bridgehead atoms. The Bertz CT molecular complexity index is 1120. The first kappa shape index (κ1) is 18.4. The number of anilines is 2. The van der Waals surface area contributed by atoms with Gasteiger partial charge in [-0.2, -0.15) is 0 Å². The van der Waals surface area contributed by atoms with E-state index in [4.69, 9.17) is 4.74 Å². The highest BCUT2D eigenvalue weighted by Crippen LogP contribution is 2.37. The van der Waals surface area contributed by atoms with Crippen LogP contribution in [0.1, 0.15) is 24.0 Å². The number of rotatable bonds is 5. The summed E-state index contributed by atoms with van der Waals surface area (Å²) < 4.78 is 5.62. The molecule has 3 aromatic carbocycles. The highest BCUT2D eigenvalue weighted by molar-refractivity contribution is 5.95. The summed E-state index contributed by atoms with van der Waals surface area (Å²) in [6, 6.07) is 21.7. The van der Waals surface area contributed by atoms with Crippen molar-refractivity contribution in [2.24, 2.45) is 0 Å². The van der Waals surface area contributed by atoms with Gasteiger partial charge in [0.1, 0.15) is 5.75 Å². The quantitative estimate of drug-likeness (QED) is 0.542. The summed E-state index contributed by atoms with van der Waals surface area (Å²) in [4.78, 5) is 26.0. The lowest BCUT2D eigenvalue weighted by Crippen LogP contribution is -2.23. The summed E-state index contributed by atoms with van der Waals surface area (Å²) >= 11 is 0. The van der Waals surface area contributed by atoms with Crippen LogP contribution in [0.4, 0.5) is 11.4 Å². The molecule has 1 aliphatic carbocycles. The van der Waals surface area contributed by atoms with Crippen LogP contribution in [0.15, 0.2) is 66.7 Å². The van der Waals surface area contributed by atoms with E-state index in [2.05, 4.69) is 29.6 Å². The van der Waals surface area contributed by atoms with Crippen molar-refractivity contribution in [3.63, 3.8) is 0 Å². The molecule has 30 heavy (non-hydrogen) atoms. The minimum Gasteiger partial charge on any atom is -0.484 e. The summed E-state index contributed by atoms with van der Waals surface area (Å²) in [7, 11) is 0. The number of hydrogen-bond acceptors (Lipinski definition) is 3. The van der Waals surface area contributed by atoms with Gasteiger partial charge in [-0.05, 0) is 71.5 Å². The molecule has 0 spiro atoms. The Balaban J connectivity index is 1.20. The Morgan fingerprint density at radius 1 is 0.967 bits per heavy atom. The van der Waals surface area contributed by atoms with Gasteiger partial charge in [0.2, 0.25) is 5.91 Å². The van der Waals surface area contributed by atoms with E-state index in [1.807, 2.05) is 30.3 Å². The number of amides is 2. The Labute approximate surface area is 175 Å². The van der Waals surface area contributed by atoms with Crippen molar-refractivity contribution in [3.8, 4) is 16.9 Å². The van der Waals surface area contributed by atoms with E-state index < -0.39 is 0 Å². The molecule has 0 saturated carbocycles. The van der Waals surface area contributed by atoms with Crippen molar-refractivity contribution in [2.75, 3.05) is 23.4 Å². The third kappa shape index (κ3) is 3.54. The SMILES string of the molecule is O=C(COc1ccc(N2CCCC2=O)cc1)Nc1ccc2c(c1)-c1ccccc1C2. The van der Waals surface area contributed by atoms with Crippen molar-refractivity contribution in [3.05, 3.63) is 77.9 Å². The molecular weight excluding hydrogens is 376 g/mol. The van der Waals surface area contributed by atoms with Crippen molar-refractivity contribution < 1.29 is 14.3 Å². The number of ether oxygens (including phenoxy) is 1. The van der Waals surface area contributed by atoms with E-state index in [9.17, 15) is 9.59 Å². The molecule has 2 aliphatic rings. The van der Waals surface area contributed by atoms with Gasteiger partial charge in [-0.3, -0.25) is 9.59 Å². The van der Waals surface area contributed by atoms with E-state index in [-0.39, 0.29) is 18.4 Å². The third-order valence-electron chi connectivity index (χ3n) is 5.67. The highest BCUT2D eigenvalue weighted by atomic mass is 16.5. The van der Waals surface area contributed by atoms with E-state index in [1.165, 1.54) is 22.3 Å². The minimum absolute atomic E-state index is 0.0737. The molecule has 0 atom stereocenters. The maximum Gasteiger partial charge on any atom is 0.262 e. The van der Waals surface area contributed by atoms with Gasteiger partial charge in [-0.1, -0.05) is 30.3 Å². The monoisotopic (exact) mass is 398 g/mol. The average Bonchev–Trinajstić information content (AvgIpc) is 3.36. The van der Waals surface area contributed by atoms with Gasteiger partial charge in [-0.15, -0.1) is 0 Å². The Kier molecular flexibility index (Phi) is 4.71. The molecule has 0 aromatic heterocycles. The molecule has 1 heterocycles. The van der Waals surface area contributed by atoms with Crippen molar-refractivity contribution >= 4 is 23.2 Å². The van der Waals surface area contributed by atoms with Crippen LogP contribution in [-0.4, -0.2) is 25.0 Å². The van der Waals surface area contributed by atoms with Crippen LogP contribution in [0.2, 0.25) is 0 Å². The van der Waals surface area contributed by atoms with E-state index in [1.54, 1.807) is 17.0 Å². The molecular formula is C25H22N2O3. The molecule has 5 rings (SSSR count). The summed E-state index contributed by atoms with van der Waals surface area (Å²) in [5, 5.41) is 2.92. The first-order chi connectivity index (χ1) is 14.7. The third-order valence-corrected chi connectivity index (χ3v) is 5.67. The number of carbonyl (C=O) groups excluding carboxylic acids is 2. The van der Waals surface area contributed by atoms with Crippen LogP contribution in [0.5, 0.6) is 5.75 Å². The molecule has 1 saturated heterocycles. The zero-order chi connectivity index (χ0) is 20.5. The van der Waals surface area contributed by atoms with Crippen LogP contribution in [0.25, 0.3) is 11.1 Å². The lowest BCUT2D eigenvalue weighted by Gasteiger charge is -2.16. The van der Waals surface area contributed by atoms with Crippen molar-refractivity contribution in [2.45, 2.75) is 19.3 Å². The first-order valence-electron chi connectivity index (χ1n) is 10.2. The fourth-order valence-electron chi connectivity index (χ4n) is 4.19. The van der Waals surface area contributed by atoms with E-state index in [0.717, 1.165) is 30.8 Å². The molecule has 0 unspecified atom stereocenters. The molecule has 2 amide bonds. The molecule has 150 valence electrons. The normalized spacial score (nSPS) is 14.4. The van der Waals surface area contributed by atoms with E-state index in [0.29, 0.717) is 12.2 Å². The predicted octanol–water partition coefficient (Wildman–Crippen LogP) is 4.40. The maximum absolute atomic E-state index is 12.4. The van der Waals surface area contributed by atoms with Gasteiger partial charge in [0.25, 0.3) is 5.91 Å². The Morgan fingerprint density at radius 2 is 1.77 bits per heavy atom. The van der Waals surface area contributed by atoms with Gasteiger partial charge in [0.05, 0.1) is 0 Å². The molecule has 5 heteroatoms. The van der Waals surface area contributed by atoms with Crippen LogP contribution in [0, 0.1) is 0 Å². The number of fused-ring (bicyclic) bond motifs is 3. The number of benzene rings is 3. The molecule has 0 radical (unpaired) electrons. The first-order valence-corrected chi connectivity index (χ1v) is 10.2. The van der Waals surface area contributed by atoms with Gasteiger partial charge < -0.3 is 15.0 Å². The van der Waals surface area contributed by atoms with Gasteiger partial charge in [-0.25, -0.2) is 0 Å². The summed E-state index contributed by atoms with van der Waals surface area (Å²) in [5.41, 5.74) is 6.64. The second-order valence-electron chi connectivity index (χ2n) is 7.69. The van der Waals surface area contributed by atoms with Gasteiger partial charge >= 0.3 is 0 Å².